The smallest absolute Gasteiger partial charge is 0.199 e. The summed E-state index contributed by atoms with van der Waals surface area (Å²) >= 11 is 0. The van der Waals surface area contributed by atoms with Crippen molar-refractivity contribution in [2.75, 3.05) is 0 Å². The van der Waals surface area contributed by atoms with Gasteiger partial charge in [0.25, 0.3) is 0 Å². The normalized spacial score (nSPS) is 28.7. The zero-order valence-corrected chi connectivity index (χ0v) is 16.7. The lowest BCUT2D eigenvalue weighted by Gasteiger charge is -2.28. The molecule has 0 heterocycles. The summed E-state index contributed by atoms with van der Waals surface area (Å²) in [5.41, 5.74) is 0.919. The maximum atomic E-state index is 13.5. The van der Waals surface area contributed by atoms with Gasteiger partial charge in [0.1, 0.15) is 6.07 Å². The van der Waals surface area contributed by atoms with Crippen molar-refractivity contribution < 1.29 is 13.2 Å². The van der Waals surface area contributed by atoms with Gasteiger partial charge in [-0.3, -0.25) is 0 Å². The number of hydrogen-bond donors (Lipinski definition) is 0. The van der Waals surface area contributed by atoms with Gasteiger partial charge in [0.05, 0.1) is 0 Å². The second-order valence-electron chi connectivity index (χ2n) is 8.36. The third-order valence-corrected chi connectivity index (χ3v) is 6.39. The molecule has 0 radical (unpaired) electrons. The van der Waals surface area contributed by atoms with Crippen LogP contribution in [0, 0.1) is 40.7 Å². The first-order chi connectivity index (χ1) is 14.0. The molecule has 4 heteroatoms. The van der Waals surface area contributed by atoms with Crippen LogP contribution in [0.4, 0.5) is 13.2 Å². The molecule has 2 aliphatic rings. The van der Waals surface area contributed by atoms with E-state index in [1.165, 1.54) is 24.3 Å². The van der Waals surface area contributed by atoms with Gasteiger partial charge in [0.2, 0.25) is 0 Å². The number of benzene rings is 1. The lowest BCUT2D eigenvalue weighted by molar-refractivity contribution is 0.348. The minimum atomic E-state index is -0.777. The summed E-state index contributed by atoms with van der Waals surface area (Å²) in [6, 6.07) is 5.78. The number of nitrogens with zero attached hydrogens (tertiary/aromatic N) is 1. The molecular formula is C25H28F3N. The number of nitriles is 1. The molecule has 0 amide bonds. The van der Waals surface area contributed by atoms with Crippen LogP contribution in [0.5, 0.6) is 0 Å². The minimum Gasteiger partial charge on any atom is -0.204 e. The molecule has 2 saturated carbocycles. The summed E-state index contributed by atoms with van der Waals surface area (Å²) in [6.45, 7) is 0. The Kier molecular flexibility index (Phi) is 7.75. The molecule has 1 nitrogen and oxygen atoms in total. The maximum Gasteiger partial charge on any atom is 0.199 e. The molecule has 29 heavy (non-hydrogen) atoms. The van der Waals surface area contributed by atoms with Crippen molar-refractivity contribution in [1.82, 2.24) is 0 Å². The van der Waals surface area contributed by atoms with E-state index in [0.717, 1.165) is 56.9 Å². The summed E-state index contributed by atoms with van der Waals surface area (Å²) in [5.74, 6) is -0.297. The van der Waals surface area contributed by atoms with Gasteiger partial charge >= 0.3 is 0 Å². The molecule has 1 aromatic carbocycles. The summed E-state index contributed by atoms with van der Waals surface area (Å²) in [6.07, 6.45) is 18.3. The van der Waals surface area contributed by atoms with Crippen LogP contribution < -0.4 is 0 Å². The third-order valence-electron chi connectivity index (χ3n) is 6.39. The third kappa shape index (κ3) is 6.35. The van der Waals surface area contributed by atoms with E-state index in [9.17, 15) is 13.2 Å². The van der Waals surface area contributed by atoms with Gasteiger partial charge in [-0.05, 0) is 98.8 Å². The molecule has 3 rings (SSSR count). The molecule has 0 aromatic heterocycles. The van der Waals surface area contributed by atoms with Crippen molar-refractivity contribution in [3.05, 3.63) is 71.6 Å². The Hall–Kier alpha value is -2.28. The molecule has 1 aromatic rings. The van der Waals surface area contributed by atoms with Crippen LogP contribution in [0.15, 0.2) is 54.4 Å². The topological polar surface area (TPSA) is 23.8 Å². The monoisotopic (exact) mass is 399 g/mol. The quantitative estimate of drug-likeness (QED) is 0.285. The highest BCUT2D eigenvalue weighted by atomic mass is 19.2. The zero-order chi connectivity index (χ0) is 20.6. The van der Waals surface area contributed by atoms with E-state index in [0.29, 0.717) is 23.7 Å². The lowest BCUT2D eigenvalue weighted by atomic mass is 9.77. The fourth-order valence-corrected chi connectivity index (χ4v) is 4.59. The second-order valence-corrected chi connectivity index (χ2v) is 8.36. The van der Waals surface area contributed by atoms with E-state index in [1.807, 2.05) is 6.08 Å². The van der Waals surface area contributed by atoms with E-state index in [1.54, 1.807) is 12.1 Å². The fraction of sp³-hybridized carbons (Fsp3) is 0.480. The van der Waals surface area contributed by atoms with Crippen molar-refractivity contribution in [1.29, 1.82) is 5.26 Å². The zero-order valence-electron chi connectivity index (χ0n) is 16.7. The second kappa shape index (κ2) is 10.5. The number of hydrogen-bond acceptors (Lipinski definition) is 1. The van der Waals surface area contributed by atoms with Gasteiger partial charge in [-0.2, -0.15) is 9.65 Å². The highest BCUT2D eigenvalue weighted by Gasteiger charge is 2.23. The van der Waals surface area contributed by atoms with Gasteiger partial charge in [0.15, 0.2) is 17.5 Å². The Balaban J connectivity index is 1.41. The number of allylic oxidation sites excluding steroid dienone is 6. The maximum absolute atomic E-state index is 13.5. The highest BCUT2D eigenvalue weighted by molar-refractivity contribution is 5.22. The predicted octanol–water partition coefficient (Wildman–Crippen LogP) is 7.53. The van der Waals surface area contributed by atoms with Crippen LogP contribution in [0.2, 0.25) is 0 Å². The molecule has 2 fully saturated rings. The van der Waals surface area contributed by atoms with Crippen LogP contribution in [-0.2, 0) is 0 Å². The summed E-state index contributed by atoms with van der Waals surface area (Å²) in [4.78, 5) is 0. The molecule has 0 atom stereocenters. The molecule has 154 valence electrons. The van der Waals surface area contributed by atoms with Gasteiger partial charge < -0.3 is 0 Å². The van der Waals surface area contributed by atoms with Crippen LogP contribution >= 0.6 is 0 Å². The molecule has 0 saturated heterocycles. The molecule has 0 aliphatic heterocycles. The van der Waals surface area contributed by atoms with Gasteiger partial charge in [-0.1, -0.05) is 30.4 Å². The first kappa shape index (κ1) is 21.4. The van der Waals surface area contributed by atoms with Gasteiger partial charge in [0, 0.05) is 0 Å². The molecular weight excluding hydrogens is 371 g/mol. The molecule has 0 bridgehead atoms. The number of rotatable bonds is 5. The van der Waals surface area contributed by atoms with Crippen molar-refractivity contribution in [2.45, 2.75) is 57.3 Å². The Morgan fingerprint density at radius 2 is 1.38 bits per heavy atom. The minimum absolute atomic E-state index is 0.330. The standard InChI is InChI=1S/C25H28F3N/c26-23(17-29)3-1-2-18-4-6-19(7-5-18)8-9-20-10-12-21(13-11-20)22-14-15-24(27)25(28)16-22/h1-3,8-9,14-16,18-21H,4-7,10-13H2/t18-,19-,20-,21-. The lowest BCUT2D eigenvalue weighted by Crippen LogP contribution is -2.14. The van der Waals surface area contributed by atoms with E-state index < -0.39 is 17.5 Å². The van der Waals surface area contributed by atoms with Crippen molar-refractivity contribution in [3.63, 3.8) is 0 Å². The average Bonchev–Trinajstić information content (AvgIpc) is 2.75. The molecule has 0 N–H and O–H groups in total. The fourth-order valence-electron chi connectivity index (χ4n) is 4.59. The van der Waals surface area contributed by atoms with Crippen molar-refractivity contribution in [3.8, 4) is 6.07 Å². The van der Waals surface area contributed by atoms with E-state index in [-0.39, 0.29) is 0 Å². The summed E-state index contributed by atoms with van der Waals surface area (Å²) < 4.78 is 39.4. The van der Waals surface area contributed by atoms with Crippen LogP contribution in [0.25, 0.3) is 0 Å². The highest BCUT2D eigenvalue weighted by Crippen LogP contribution is 2.37. The Labute approximate surface area is 171 Å². The average molecular weight is 400 g/mol. The number of halogens is 3. The van der Waals surface area contributed by atoms with Gasteiger partial charge in [-0.25, -0.2) is 8.78 Å². The van der Waals surface area contributed by atoms with Gasteiger partial charge in [-0.15, -0.1) is 0 Å². The first-order valence-electron chi connectivity index (χ1n) is 10.6. The van der Waals surface area contributed by atoms with Crippen LogP contribution in [0.3, 0.4) is 0 Å². The SMILES string of the molecule is N#CC(F)=CC=C[C@H]1CC[C@H](C=C[C@H]2CC[C@H](c3ccc(F)c(F)c3)CC2)CC1. The van der Waals surface area contributed by atoms with E-state index >= 15 is 0 Å². The molecule has 0 spiro atoms. The van der Waals surface area contributed by atoms with Crippen molar-refractivity contribution >= 4 is 0 Å². The Bertz CT molecular complexity index is 802. The van der Waals surface area contributed by atoms with Crippen LogP contribution in [0.1, 0.15) is 62.8 Å². The van der Waals surface area contributed by atoms with Crippen molar-refractivity contribution in [2.24, 2.45) is 17.8 Å². The summed E-state index contributed by atoms with van der Waals surface area (Å²) in [7, 11) is 0. The summed E-state index contributed by atoms with van der Waals surface area (Å²) in [5, 5.41) is 8.40. The van der Waals surface area contributed by atoms with E-state index in [2.05, 4.69) is 12.2 Å². The van der Waals surface area contributed by atoms with E-state index in [4.69, 9.17) is 5.26 Å². The Morgan fingerprint density at radius 1 is 0.828 bits per heavy atom. The predicted molar refractivity (Wildman–Crippen MR) is 110 cm³/mol. The van der Waals surface area contributed by atoms with Crippen LogP contribution in [-0.4, -0.2) is 0 Å². The molecule has 0 unspecified atom stereocenters. The Morgan fingerprint density at radius 3 is 1.93 bits per heavy atom. The molecule has 2 aliphatic carbocycles. The largest absolute Gasteiger partial charge is 0.204 e. The first-order valence-corrected chi connectivity index (χ1v) is 10.6.